The SMILES string of the molecule is Cn1cnc(C2=NC(Cc3ccccc3)CS2)c1. The topological polar surface area (TPSA) is 30.2 Å². The van der Waals surface area contributed by atoms with Crippen LogP contribution in [0.25, 0.3) is 0 Å². The molecule has 4 heteroatoms. The molecule has 0 saturated heterocycles. The second-order valence-corrected chi connectivity index (χ2v) is 5.52. The van der Waals surface area contributed by atoms with Crippen LogP contribution in [-0.4, -0.2) is 26.4 Å². The van der Waals surface area contributed by atoms with Crippen LogP contribution >= 0.6 is 11.8 Å². The summed E-state index contributed by atoms with van der Waals surface area (Å²) in [6.07, 6.45) is 4.86. The van der Waals surface area contributed by atoms with E-state index in [1.165, 1.54) is 5.56 Å². The van der Waals surface area contributed by atoms with Gasteiger partial charge >= 0.3 is 0 Å². The highest BCUT2D eigenvalue weighted by Crippen LogP contribution is 2.24. The lowest BCUT2D eigenvalue weighted by atomic mass is 10.1. The van der Waals surface area contributed by atoms with Crippen molar-refractivity contribution in [2.75, 3.05) is 5.75 Å². The van der Waals surface area contributed by atoms with Crippen molar-refractivity contribution in [3.8, 4) is 0 Å². The second kappa shape index (κ2) is 4.98. The zero-order valence-electron chi connectivity index (χ0n) is 10.3. The summed E-state index contributed by atoms with van der Waals surface area (Å²) in [5.41, 5.74) is 2.35. The molecule has 92 valence electrons. The summed E-state index contributed by atoms with van der Waals surface area (Å²) < 4.78 is 1.96. The number of hydrogen-bond donors (Lipinski definition) is 0. The Labute approximate surface area is 111 Å². The molecule has 1 aromatic heterocycles. The van der Waals surface area contributed by atoms with Crippen molar-refractivity contribution in [2.45, 2.75) is 12.5 Å². The van der Waals surface area contributed by atoms with Gasteiger partial charge in [-0.05, 0) is 12.0 Å². The van der Waals surface area contributed by atoms with Gasteiger partial charge in [0.25, 0.3) is 0 Å². The van der Waals surface area contributed by atoms with E-state index in [4.69, 9.17) is 4.99 Å². The number of nitrogens with zero attached hydrogens (tertiary/aromatic N) is 3. The molecule has 2 aromatic rings. The van der Waals surface area contributed by atoms with Crippen LogP contribution in [0.2, 0.25) is 0 Å². The van der Waals surface area contributed by atoms with Crippen LogP contribution in [0, 0.1) is 0 Å². The first-order chi connectivity index (χ1) is 8.81. The summed E-state index contributed by atoms with van der Waals surface area (Å²) in [5, 5.41) is 1.08. The highest BCUT2D eigenvalue weighted by molar-refractivity contribution is 8.14. The number of hydrogen-bond acceptors (Lipinski definition) is 3. The van der Waals surface area contributed by atoms with Gasteiger partial charge < -0.3 is 4.57 Å². The number of imidazole rings is 1. The van der Waals surface area contributed by atoms with Crippen molar-refractivity contribution in [1.29, 1.82) is 0 Å². The van der Waals surface area contributed by atoms with Gasteiger partial charge in [0.15, 0.2) is 0 Å². The number of aromatic nitrogens is 2. The van der Waals surface area contributed by atoms with Gasteiger partial charge in [0, 0.05) is 19.0 Å². The van der Waals surface area contributed by atoms with Gasteiger partial charge in [0.1, 0.15) is 10.7 Å². The van der Waals surface area contributed by atoms with Crippen LogP contribution in [0.4, 0.5) is 0 Å². The zero-order chi connectivity index (χ0) is 12.4. The first-order valence-electron chi connectivity index (χ1n) is 6.04. The summed E-state index contributed by atoms with van der Waals surface area (Å²) in [7, 11) is 1.98. The molecule has 3 nitrogen and oxygen atoms in total. The summed E-state index contributed by atoms with van der Waals surface area (Å²) in [6.45, 7) is 0. The van der Waals surface area contributed by atoms with E-state index in [1.807, 2.05) is 35.9 Å². The molecule has 1 unspecified atom stereocenters. The van der Waals surface area contributed by atoms with E-state index in [-0.39, 0.29) is 0 Å². The normalized spacial score (nSPS) is 18.9. The average molecular weight is 257 g/mol. The number of thioether (sulfide) groups is 1. The van der Waals surface area contributed by atoms with E-state index in [9.17, 15) is 0 Å². The molecule has 1 aromatic carbocycles. The lowest BCUT2D eigenvalue weighted by molar-refractivity contribution is 0.762. The van der Waals surface area contributed by atoms with Crippen molar-refractivity contribution in [3.63, 3.8) is 0 Å². The summed E-state index contributed by atoms with van der Waals surface area (Å²) >= 11 is 1.81. The molecule has 3 rings (SSSR count). The maximum absolute atomic E-state index is 4.77. The number of aliphatic imine (C=N–C) groups is 1. The smallest absolute Gasteiger partial charge is 0.118 e. The lowest BCUT2D eigenvalue weighted by Crippen LogP contribution is -2.07. The fourth-order valence-electron chi connectivity index (χ4n) is 2.07. The van der Waals surface area contributed by atoms with E-state index >= 15 is 0 Å². The Hall–Kier alpha value is -1.55. The average Bonchev–Trinajstić information content (AvgIpc) is 2.99. The molecular weight excluding hydrogens is 242 g/mol. The van der Waals surface area contributed by atoms with Crippen molar-refractivity contribution in [2.24, 2.45) is 12.0 Å². The van der Waals surface area contributed by atoms with Crippen LogP contribution in [0.15, 0.2) is 47.8 Å². The van der Waals surface area contributed by atoms with E-state index in [2.05, 4.69) is 35.3 Å². The van der Waals surface area contributed by atoms with Crippen molar-refractivity contribution >= 4 is 16.8 Å². The molecule has 0 radical (unpaired) electrons. The molecule has 1 atom stereocenters. The molecule has 0 N–H and O–H groups in total. The predicted octanol–water partition coefficient (Wildman–Crippen LogP) is 2.52. The fourth-order valence-corrected chi connectivity index (χ4v) is 3.09. The van der Waals surface area contributed by atoms with Gasteiger partial charge in [-0.1, -0.05) is 30.3 Å². The third-order valence-corrected chi connectivity index (χ3v) is 4.09. The molecule has 18 heavy (non-hydrogen) atoms. The first-order valence-corrected chi connectivity index (χ1v) is 7.03. The molecule has 2 heterocycles. The minimum Gasteiger partial charge on any atom is -0.340 e. The van der Waals surface area contributed by atoms with Crippen LogP contribution in [0.3, 0.4) is 0 Å². The largest absolute Gasteiger partial charge is 0.340 e. The number of aryl methyl sites for hydroxylation is 1. The van der Waals surface area contributed by atoms with Gasteiger partial charge in [0.05, 0.1) is 12.4 Å². The van der Waals surface area contributed by atoms with Crippen molar-refractivity contribution < 1.29 is 0 Å². The van der Waals surface area contributed by atoms with Crippen molar-refractivity contribution in [3.05, 3.63) is 54.1 Å². The lowest BCUT2D eigenvalue weighted by Gasteiger charge is -2.04. The van der Waals surface area contributed by atoms with Crippen molar-refractivity contribution in [1.82, 2.24) is 9.55 Å². The van der Waals surface area contributed by atoms with E-state index in [0.717, 1.165) is 22.9 Å². The molecule has 0 aliphatic carbocycles. The highest BCUT2D eigenvalue weighted by atomic mass is 32.2. The third-order valence-electron chi connectivity index (χ3n) is 2.95. The predicted molar refractivity (Wildman–Crippen MR) is 76.1 cm³/mol. The number of rotatable bonds is 3. The minimum atomic E-state index is 0.384. The van der Waals surface area contributed by atoms with Gasteiger partial charge in [-0.15, -0.1) is 11.8 Å². The Kier molecular flexibility index (Phi) is 3.19. The van der Waals surface area contributed by atoms with E-state index in [0.29, 0.717) is 6.04 Å². The van der Waals surface area contributed by atoms with E-state index in [1.54, 1.807) is 0 Å². The molecule has 1 aliphatic heterocycles. The molecule has 0 bridgehead atoms. The van der Waals surface area contributed by atoms with Crippen LogP contribution in [0.1, 0.15) is 11.3 Å². The monoisotopic (exact) mass is 257 g/mol. The van der Waals surface area contributed by atoms with Gasteiger partial charge in [-0.25, -0.2) is 4.98 Å². The summed E-state index contributed by atoms with van der Waals surface area (Å²) in [4.78, 5) is 9.12. The Morgan fingerprint density at radius 1 is 1.33 bits per heavy atom. The highest BCUT2D eigenvalue weighted by Gasteiger charge is 2.20. The quantitative estimate of drug-likeness (QED) is 0.846. The van der Waals surface area contributed by atoms with Crippen LogP contribution in [-0.2, 0) is 13.5 Å². The Morgan fingerprint density at radius 2 is 2.17 bits per heavy atom. The molecule has 0 amide bonds. The summed E-state index contributed by atoms with van der Waals surface area (Å²) in [5.74, 6) is 1.06. The Morgan fingerprint density at radius 3 is 2.89 bits per heavy atom. The van der Waals surface area contributed by atoms with Gasteiger partial charge in [-0.3, -0.25) is 4.99 Å². The molecular formula is C14H15N3S. The maximum atomic E-state index is 4.77. The molecule has 0 fully saturated rings. The van der Waals surface area contributed by atoms with Crippen LogP contribution in [0.5, 0.6) is 0 Å². The second-order valence-electron chi connectivity index (χ2n) is 4.51. The molecule has 0 spiro atoms. The Balaban J connectivity index is 1.72. The standard InChI is InChI=1S/C14H15N3S/c1-17-8-13(15-10-17)14-16-12(9-18-14)7-11-5-3-2-4-6-11/h2-6,8,10,12H,7,9H2,1H3. The molecule has 1 aliphatic rings. The van der Waals surface area contributed by atoms with Crippen LogP contribution < -0.4 is 0 Å². The molecule has 0 saturated carbocycles. The zero-order valence-corrected chi connectivity index (χ0v) is 11.1. The maximum Gasteiger partial charge on any atom is 0.118 e. The first kappa shape index (κ1) is 11.5. The van der Waals surface area contributed by atoms with Gasteiger partial charge in [-0.2, -0.15) is 0 Å². The van der Waals surface area contributed by atoms with Gasteiger partial charge in [0.2, 0.25) is 0 Å². The van der Waals surface area contributed by atoms with E-state index < -0.39 is 0 Å². The Bertz CT molecular complexity index is 559. The summed E-state index contributed by atoms with van der Waals surface area (Å²) in [6, 6.07) is 10.9. The number of benzene rings is 1. The fraction of sp³-hybridized carbons (Fsp3) is 0.286. The third kappa shape index (κ3) is 2.48. The minimum absolute atomic E-state index is 0.384.